The van der Waals surface area contributed by atoms with E-state index in [9.17, 15) is 31.9 Å². The molecule has 1 amide bonds. The second-order valence-corrected chi connectivity index (χ2v) is 15.8. The lowest BCUT2D eigenvalue weighted by molar-refractivity contribution is -0.124. The van der Waals surface area contributed by atoms with E-state index in [0.717, 1.165) is 16.0 Å². The van der Waals surface area contributed by atoms with E-state index in [4.69, 9.17) is 4.74 Å². The highest BCUT2D eigenvalue weighted by atomic mass is 32.2. The number of carbonyl (C=O) groups is 2. The van der Waals surface area contributed by atoms with Gasteiger partial charge in [0.25, 0.3) is 0 Å². The van der Waals surface area contributed by atoms with Gasteiger partial charge >= 0.3 is 0 Å². The Morgan fingerprint density at radius 3 is 2.10 bits per heavy atom. The number of thiophene rings is 1. The van der Waals surface area contributed by atoms with Crippen LogP contribution in [0.4, 0.5) is 8.78 Å². The van der Waals surface area contributed by atoms with Gasteiger partial charge in [0, 0.05) is 54.3 Å². The molecule has 1 heterocycles. The summed E-state index contributed by atoms with van der Waals surface area (Å²) in [6.07, 6.45) is -0.832. The third kappa shape index (κ3) is 9.53. The molecule has 3 N–H and O–H groups in total. The number of ether oxygens (including phenoxy) is 1. The lowest BCUT2D eigenvalue weighted by Gasteiger charge is -2.40. The Kier molecular flexibility index (Phi) is 12.9. The standard InChI is InChI=1S/C38H43F2N3O6S2/c1-26(45)28-13-16-32(17-14-28)51(47,48)43(24-27-21-38(39,40)22-27)33(19-20-44)34-18-15-31(50-34)23-41-37(46)36(42-25-49-2)35(29-9-5-3-6-10-29)30-11-7-4-8-12-30/h3-18,27,33,35-36,42,44H,19-25H2,1-2H3,(H,41,46)/t33-,36+/m1/s1. The number of halogens is 2. The van der Waals surface area contributed by atoms with Crippen LogP contribution < -0.4 is 10.6 Å². The van der Waals surface area contributed by atoms with Crippen LogP contribution in [0.5, 0.6) is 0 Å². The molecule has 0 aliphatic heterocycles. The van der Waals surface area contributed by atoms with Crippen LogP contribution in [0.25, 0.3) is 0 Å². The SMILES string of the molecule is COCN[C@H](C(=O)NCc1ccc([C@@H](CCO)N(CC2CC(F)(F)C2)S(=O)(=O)c2ccc(C(C)=O)cc2)s1)C(c1ccccc1)c1ccccc1. The number of aliphatic hydroxyl groups excluding tert-OH is 1. The summed E-state index contributed by atoms with van der Waals surface area (Å²) >= 11 is 1.28. The fraction of sp³-hybridized carbons (Fsp3) is 0.368. The Morgan fingerprint density at radius 2 is 1.57 bits per heavy atom. The molecule has 0 unspecified atom stereocenters. The summed E-state index contributed by atoms with van der Waals surface area (Å²) in [7, 11) is -2.70. The summed E-state index contributed by atoms with van der Waals surface area (Å²) in [5.74, 6) is -4.24. The van der Waals surface area contributed by atoms with Crippen molar-refractivity contribution in [3.63, 3.8) is 0 Å². The molecule has 4 aromatic rings. The van der Waals surface area contributed by atoms with Crippen LogP contribution in [0.1, 0.15) is 69.4 Å². The van der Waals surface area contributed by atoms with Gasteiger partial charge in [0.1, 0.15) is 0 Å². The van der Waals surface area contributed by atoms with Gasteiger partial charge in [-0.05, 0) is 54.7 Å². The average Bonchev–Trinajstić information content (AvgIpc) is 3.59. The van der Waals surface area contributed by atoms with Gasteiger partial charge in [-0.15, -0.1) is 11.3 Å². The molecule has 272 valence electrons. The van der Waals surface area contributed by atoms with E-state index in [1.807, 2.05) is 60.7 Å². The van der Waals surface area contributed by atoms with Gasteiger partial charge in [0.2, 0.25) is 21.9 Å². The highest BCUT2D eigenvalue weighted by Crippen LogP contribution is 2.45. The van der Waals surface area contributed by atoms with Gasteiger partial charge in [-0.2, -0.15) is 4.31 Å². The maximum absolute atomic E-state index is 14.1. The van der Waals surface area contributed by atoms with Gasteiger partial charge in [-0.1, -0.05) is 72.8 Å². The maximum Gasteiger partial charge on any atom is 0.248 e. The predicted molar refractivity (Wildman–Crippen MR) is 192 cm³/mol. The molecule has 9 nitrogen and oxygen atoms in total. The van der Waals surface area contributed by atoms with Gasteiger partial charge in [0.15, 0.2) is 5.78 Å². The fourth-order valence-corrected chi connectivity index (χ4v) is 9.37. The summed E-state index contributed by atoms with van der Waals surface area (Å²) in [6, 6.07) is 26.9. The Morgan fingerprint density at radius 1 is 0.961 bits per heavy atom. The Labute approximate surface area is 301 Å². The van der Waals surface area contributed by atoms with E-state index < -0.39 is 46.8 Å². The molecule has 1 fully saturated rings. The number of nitrogens with zero attached hydrogens (tertiary/aromatic N) is 1. The number of nitrogens with one attached hydrogen (secondary N) is 2. The van der Waals surface area contributed by atoms with Crippen molar-refractivity contribution in [3.8, 4) is 0 Å². The monoisotopic (exact) mass is 739 g/mol. The minimum atomic E-state index is -4.24. The second kappa shape index (κ2) is 17.1. The average molecular weight is 740 g/mol. The summed E-state index contributed by atoms with van der Waals surface area (Å²) in [5, 5.41) is 16.3. The largest absolute Gasteiger partial charge is 0.396 e. The maximum atomic E-state index is 14.1. The molecule has 0 radical (unpaired) electrons. The van der Waals surface area contributed by atoms with Crippen molar-refractivity contribution in [1.29, 1.82) is 0 Å². The van der Waals surface area contributed by atoms with Crippen molar-refractivity contribution in [3.05, 3.63) is 124 Å². The van der Waals surface area contributed by atoms with E-state index in [0.29, 0.717) is 10.4 Å². The molecule has 3 aromatic carbocycles. The minimum absolute atomic E-state index is 0.0268. The van der Waals surface area contributed by atoms with Crippen LogP contribution in [0.3, 0.4) is 0 Å². The molecule has 2 atom stereocenters. The zero-order valence-corrected chi connectivity index (χ0v) is 30.1. The zero-order valence-electron chi connectivity index (χ0n) is 28.5. The van der Waals surface area contributed by atoms with Gasteiger partial charge in [-0.3, -0.25) is 14.9 Å². The number of hydrogen-bond donors (Lipinski definition) is 3. The van der Waals surface area contributed by atoms with Crippen molar-refractivity contribution in [2.45, 2.75) is 61.6 Å². The number of amides is 1. The number of aliphatic hydroxyl groups is 1. The molecule has 5 rings (SSSR count). The quantitative estimate of drug-likeness (QED) is 0.0830. The van der Waals surface area contributed by atoms with E-state index in [-0.39, 0.29) is 55.4 Å². The number of methoxy groups -OCH3 is 1. The molecular formula is C38H43F2N3O6S2. The van der Waals surface area contributed by atoms with Gasteiger partial charge in [0.05, 0.1) is 30.3 Å². The highest BCUT2D eigenvalue weighted by Gasteiger charge is 2.48. The van der Waals surface area contributed by atoms with Crippen LogP contribution in [0.2, 0.25) is 0 Å². The smallest absolute Gasteiger partial charge is 0.248 e. The van der Waals surface area contributed by atoms with E-state index in [2.05, 4.69) is 10.6 Å². The number of benzene rings is 3. The lowest BCUT2D eigenvalue weighted by Crippen LogP contribution is -2.48. The second-order valence-electron chi connectivity index (χ2n) is 12.7. The molecule has 51 heavy (non-hydrogen) atoms. The predicted octanol–water partition coefficient (Wildman–Crippen LogP) is 6.12. The van der Waals surface area contributed by atoms with Crippen molar-refractivity contribution in [2.24, 2.45) is 5.92 Å². The number of hydrogen-bond acceptors (Lipinski definition) is 8. The normalized spacial score (nSPS) is 15.7. The number of carbonyl (C=O) groups excluding carboxylic acids is 2. The molecule has 0 saturated heterocycles. The Hall–Kier alpha value is -3.85. The summed E-state index contributed by atoms with van der Waals surface area (Å²) < 4.78 is 62.5. The third-order valence-electron chi connectivity index (χ3n) is 9.06. The number of ketones is 1. The number of rotatable bonds is 18. The van der Waals surface area contributed by atoms with Crippen molar-refractivity contribution >= 4 is 33.1 Å². The van der Waals surface area contributed by atoms with Crippen LogP contribution in [0.15, 0.2) is 102 Å². The van der Waals surface area contributed by atoms with Crippen LogP contribution in [0, 0.1) is 5.92 Å². The van der Waals surface area contributed by atoms with Crippen LogP contribution in [-0.2, 0) is 26.1 Å². The van der Waals surface area contributed by atoms with Crippen molar-refractivity contribution in [2.75, 3.05) is 27.0 Å². The first-order chi connectivity index (χ1) is 24.4. The van der Waals surface area contributed by atoms with Crippen LogP contribution in [-0.4, -0.2) is 68.5 Å². The summed E-state index contributed by atoms with van der Waals surface area (Å²) in [6.45, 7) is 1.15. The first-order valence-corrected chi connectivity index (χ1v) is 19.0. The van der Waals surface area contributed by atoms with E-state index in [1.165, 1.54) is 46.8 Å². The zero-order chi connectivity index (χ0) is 36.6. The third-order valence-corrected chi connectivity index (χ3v) is 12.1. The molecule has 0 bridgehead atoms. The molecule has 13 heteroatoms. The lowest BCUT2D eigenvalue weighted by atomic mass is 9.81. The summed E-state index contributed by atoms with van der Waals surface area (Å²) in [4.78, 5) is 27.0. The molecule has 1 aromatic heterocycles. The van der Waals surface area contributed by atoms with Crippen molar-refractivity contribution in [1.82, 2.24) is 14.9 Å². The van der Waals surface area contributed by atoms with Gasteiger partial charge in [-0.25, -0.2) is 17.2 Å². The number of alkyl halides is 2. The molecule has 1 aliphatic carbocycles. The Bertz CT molecular complexity index is 1810. The first-order valence-electron chi connectivity index (χ1n) is 16.7. The Balaban J connectivity index is 1.39. The van der Waals surface area contributed by atoms with E-state index >= 15 is 0 Å². The number of sulfonamides is 1. The number of Topliss-reactive ketones (excluding diaryl/α,β-unsaturated/α-hetero) is 1. The molecular weight excluding hydrogens is 697 g/mol. The van der Waals surface area contributed by atoms with E-state index in [1.54, 1.807) is 19.2 Å². The first kappa shape index (κ1) is 38.4. The fourth-order valence-electron chi connectivity index (χ4n) is 6.49. The van der Waals surface area contributed by atoms with Crippen LogP contribution >= 0.6 is 11.3 Å². The molecule has 1 aliphatic rings. The summed E-state index contributed by atoms with van der Waals surface area (Å²) in [5.41, 5.74) is 2.23. The minimum Gasteiger partial charge on any atom is -0.396 e. The topological polar surface area (TPSA) is 125 Å². The van der Waals surface area contributed by atoms with Gasteiger partial charge < -0.3 is 15.2 Å². The molecule has 1 saturated carbocycles. The van der Waals surface area contributed by atoms with Crippen molar-refractivity contribution < 1.29 is 36.6 Å². The molecule has 0 spiro atoms. The highest BCUT2D eigenvalue weighted by molar-refractivity contribution is 7.89.